The smallest absolute Gasteiger partial charge is 0.261 e. The lowest BCUT2D eigenvalue weighted by Gasteiger charge is -2.07. The molecule has 106 valence electrons. The van der Waals surface area contributed by atoms with Crippen LogP contribution in [0.4, 0.5) is 4.39 Å². The van der Waals surface area contributed by atoms with E-state index in [-0.39, 0.29) is 17.1 Å². The Hall–Kier alpha value is -0.990. The van der Waals surface area contributed by atoms with Gasteiger partial charge >= 0.3 is 0 Å². The molecule has 2 aromatic carbocycles. The molecule has 0 unspecified atom stereocenters. The molecule has 0 aliphatic rings. The van der Waals surface area contributed by atoms with Gasteiger partial charge in [0.2, 0.25) is 0 Å². The van der Waals surface area contributed by atoms with E-state index in [0.717, 1.165) is 9.13 Å². The first-order valence-corrected chi connectivity index (χ1v) is 8.27. The van der Waals surface area contributed by atoms with E-state index >= 15 is 0 Å². The fourth-order valence-electron chi connectivity index (χ4n) is 1.57. The average Bonchev–Trinajstić information content (AvgIpc) is 2.40. The zero-order valence-electron chi connectivity index (χ0n) is 10.6. The van der Waals surface area contributed by atoms with Crippen molar-refractivity contribution < 1.29 is 17.0 Å². The summed E-state index contributed by atoms with van der Waals surface area (Å²) in [6.45, 7) is 1.54. The van der Waals surface area contributed by atoms with Crippen LogP contribution in [0.25, 0.3) is 0 Å². The van der Waals surface area contributed by atoms with E-state index in [4.69, 9.17) is 4.18 Å². The predicted molar refractivity (Wildman–Crippen MR) is 82.3 cm³/mol. The molecule has 2 aromatic rings. The molecule has 0 aromatic heterocycles. The Morgan fingerprint density at radius 3 is 2.45 bits per heavy atom. The minimum atomic E-state index is -3.87. The number of hydrogen-bond acceptors (Lipinski definition) is 3. The van der Waals surface area contributed by atoms with Gasteiger partial charge in [0.05, 0.1) is 11.5 Å². The van der Waals surface area contributed by atoms with Gasteiger partial charge in [-0.25, -0.2) is 4.39 Å². The highest BCUT2D eigenvalue weighted by Gasteiger charge is 2.16. The van der Waals surface area contributed by atoms with Gasteiger partial charge in [-0.3, -0.25) is 4.18 Å². The van der Waals surface area contributed by atoms with Crippen LogP contribution in [0, 0.1) is 16.3 Å². The first kappa shape index (κ1) is 15.4. The summed E-state index contributed by atoms with van der Waals surface area (Å²) in [6.07, 6.45) is 0. The molecule has 0 aliphatic carbocycles. The third-order valence-electron chi connectivity index (χ3n) is 2.69. The molecule has 0 amide bonds. The topological polar surface area (TPSA) is 43.4 Å². The second-order valence-corrected chi connectivity index (χ2v) is 7.13. The Bertz CT molecular complexity index is 712. The zero-order valence-corrected chi connectivity index (χ0v) is 13.6. The molecule has 3 nitrogen and oxygen atoms in total. The van der Waals surface area contributed by atoms with E-state index in [0.29, 0.717) is 0 Å². The maximum absolute atomic E-state index is 13.5. The van der Waals surface area contributed by atoms with E-state index < -0.39 is 15.9 Å². The molecule has 0 saturated heterocycles. The number of benzene rings is 2. The maximum atomic E-state index is 13.5. The molecule has 0 N–H and O–H groups in total. The van der Waals surface area contributed by atoms with Crippen molar-refractivity contribution in [2.75, 3.05) is 0 Å². The van der Waals surface area contributed by atoms with Crippen molar-refractivity contribution in [3.8, 4) is 0 Å². The fraction of sp³-hybridized carbons (Fsp3) is 0.143. The van der Waals surface area contributed by atoms with Gasteiger partial charge in [-0.1, -0.05) is 17.7 Å². The van der Waals surface area contributed by atoms with Crippen molar-refractivity contribution in [2.24, 2.45) is 0 Å². The lowest BCUT2D eigenvalue weighted by Crippen LogP contribution is -2.07. The summed E-state index contributed by atoms with van der Waals surface area (Å²) in [7, 11) is -3.87. The minimum Gasteiger partial charge on any atom is -0.261 e. The molecule has 2 rings (SSSR count). The highest BCUT2D eigenvalue weighted by atomic mass is 127. The van der Waals surface area contributed by atoms with Crippen molar-refractivity contribution in [1.29, 1.82) is 0 Å². The SMILES string of the molecule is Cc1ccc(S(=O)(=O)OCc2cc(I)ccc2F)cc1. The van der Waals surface area contributed by atoms with Gasteiger partial charge in [0, 0.05) is 9.13 Å². The first-order valence-electron chi connectivity index (χ1n) is 5.78. The molecule has 0 heterocycles. The summed E-state index contributed by atoms with van der Waals surface area (Å²) in [5.74, 6) is -0.482. The molecule has 0 atom stereocenters. The second kappa shape index (κ2) is 6.19. The van der Waals surface area contributed by atoms with Crippen LogP contribution < -0.4 is 0 Å². The standard InChI is InChI=1S/C14H12FIO3S/c1-10-2-5-13(6-3-10)20(17,18)19-9-11-8-12(16)4-7-14(11)15/h2-8H,9H2,1H3. The van der Waals surface area contributed by atoms with E-state index in [1.807, 2.05) is 29.5 Å². The minimum absolute atomic E-state index is 0.0640. The summed E-state index contributed by atoms with van der Waals surface area (Å²) >= 11 is 2.03. The van der Waals surface area contributed by atoms with Gasteiger partial charge in [-0.2, -0.15) is 8.42 Å². The van der Waals surface area contributed by atoms with Gasteiger partial charge in [-0.05, 0) is 59.8 Å². The van der Waals surface area contributed by atoms with Gasteiger partial charge < -0.3 is 0 Å². The van der Waals surface area contributed by atoms with E-state index in [2.05, 4.69) is 0 Å². The van der Waals surface area contributed by atoms with Crippen LogP contribution in [0.3, 0.4) is 0 Å². The van der Waals surface area contributed by atoms with Crippen molar-refractivity contribution >= 4 is 32.7 Å². The maximum Gasteiger partial charge on any atom is 0.297 e. The highest BCUT2D eigenvalue weighted by Crippen LogP contribution is 2.18. The van der Waals surface area contributed by atoms with E-state index in [9.17, 15) is 12.8 Å². The fourth-order valence-corrected chi connectivity index (χ4v) is 3.01. The summed E-state index contributed by atoms with van der Waals surface area (Å²) in [5, 5.41) is 0. The van der Waals surface area contributed by atoms with Crippen LogP contribution in [-0.4, -0.2) is 8.42 Å². The van der Waals surface area contributed by atoms with Crippen molar-refractivity contribution in [1.82, 2.24) is 0 Å². The molecule has 0 saturated carbocycles. The Labute approximate surface area is 131 Å². The average molecular weight is 406 g/mol. The molecule has 0 bridgehead atoms. The summed E-state index contributed by atoms with van der Waals surface area (Å²) in [6, 6.07) is 10.8. The van der Waals surface area contributed by atoms with Gasteiger partial charge in [0.25, 0.3) is 10.1 Å². The molecule has 0 fully saturated rings. The second-order valence-electron chi connectivity index (χ2n) is 4.27. The van der Waals surface area contributed by atoms with Gasteiger partial charge in [-0.15, -0.1) is 0 Å². The quantitative estimate of drug-likeness (QED) is 0.575. The summed E-state index contributed by atoms with van der Waals surface area (Å²) in [5.41, 5.74) is 1.17. The van der Waals surface area contributed by atoms with Crippen LogP contribution >= 0.6 is 22.6 Å². The van der Waals surface area contributed by atoms with E-state index in [1.54, 1.807) is 24.3 Å². The first-order chi connectivity index (χ1) is 9.38. The highest BCUT2D eigenvalue weighted by molar-refractivity contribution is 14.1. The Balaban J connectivity index is 2.17. The van der Waals surface area contributed by atoms with Crippen molar-refractivity contribution in [2.45, 2.75) is 18.4 Å². The molecule has 20 heavy (non-hydrogen) atoms. The zero-order chi connectivity index (χ0) is 14.8. The third-order valence-corrected chi connectivity index (χ3v) is 4.64. The molecule has 0 radical (unpaired) electrons. The normalized spacial score (nSPS) is 11.6. The lowest BCUT2D eigenvalue weighted by atomic mass is 10.2. The molecular formula is C14H12FIO3S. The lowest BCUT2D eigenvalue weighted by molar-refractivity contribution is 0.302. The number of rotatable bonds is 4. The van der Waals surface area contributed by atoms with Crippen LogP contribution in [0.2, 0.25) is 0 Å². The van der Waals surface area contributed by atoms with Crippen molar-refractivity contribution in [3.63, 3.8) is 0 Å². The van der Waals surface area contributed by atoms with Gasteiger partial charge in [0.1, 0.15) is 5.82 Å². The number of hydrogen-bond donors (Lipinski definition) is 0. The Morgan fingerprint density at radius 2 is 1.80 bits per heavy atom. The molecule has 6 heteroatoms. The molecule has 0 spiro atoms. The molecule has 0 aliphatic heterocycles. The largest absolute Gasteiger partial charge is 0.297 e. The Morgan fingerprint density at radius 1 is 1.15 bits per heavy atom. The van der Waals surface area contributed by atoms with Gasteiger partial charge in [0.15, 0.2) is 0 Å². The van der Waals surface area contributed by atoms with Crippen LogP contribution in [0.15, 0.2) is 47.4 Å². The summed E-state index contributed by atoms with van der Waals surface area (Å²) in [4.78, 5) is 0.0640. The number of halogens is 2. The van der Waals surface area contributed by atoms with Crippen LogP contribution in [-0.2, 0) is 20.9 Å². The van der Waals surface area contributed by atoms with Crippen molar-refractivity contribution in [3.05, 3.63) is 63.0 Å². The van der Waals surface area contributed by atoms with Crippen LogP contribution in [0.5, 0.6) is 0 Å². The van der Waals surface area contributed by atoms with Crippen LogP contribution in [0.1, 0.15) is 11.1 Å². The number of aryl methyl sites for hydroxylation is 1. The molecular weight excluding hydrogens is 394 g/mol. The van der Waals surface area contributed by atoms with E-state index in [1.165, 1.54) is 18.2 Å². The monoisotopic (exact) mass is 406 g/mol. The third kappa shape index (κ3) is 3.77. The summed E-state index contributed by atoms with van der Waals surface area (Å²) < 4.78 is 43.2. The Kier molecular flexibility index (Phi) is 4.77. The predicted octanol–water partition coefficient (Wildman–Crippen LogP) is 3.64.